The molecule has 6 aromatic carbocycles. The van der Waals surface area contributed by atoms with Crippen molar-refractivity contribution in [1.82, 2.24) is 9.97 Å². The maximum Gasteiger partial charge on any atom is 0.0991 e. The van der Waals surface area contributed by atoms with E-state index in [0.717, 1.165) is 44.7 Å². The molecule has 0 unspecified atom stereocenters. The van der Waals surface area contributed by atoms with Gasteiger partial charge >= 0.3 is 0 Å². The average Bonchev–Trinajstić information content (AvgIpc) is 3.29. The Bertz CT molecular complexity index is 2080. The van der Waals surface area contributed by atoms with E-state index in [1.807, 2.05) is 48.5 Å². The third kappa shape index (κ3) is 3.01. The van der Waals surface area contributed by atoms with Gasteiger partial charge in [-0.2, -0.15) is 5.26 Å². The van der Waals surface area contributed by atoms with Gasteiger partial charge in [-0.1, -0.05) is 78.9 Å². The molecule has 0 bridgehead atoms. The van der Waals surface area contributed by atoms with Gasteiger partial charge in [0.1, 0.15) is 0 Å². The minimum Gasteiger partial charge on any atom is -0.244 e. The topological polar surface area (TPSA) is 49.6 Å². The number of hydrogen-bond acceptors (Lipinski definition) is 3. The van der Waals surface area contributed by atoms with Crippen molar-refractivity contribution < 1.29 is 0 Å². The molecule has 174 valence electrons. The van der Waals surface area contributed by atoms with Crippen LogP contribution in [0.15, 0.2) is 115 Å². The predicted molar refractivity (Wildman–Crippen MR) is 155 cm³/mol. The lowest BCUT2D eigenvalue weighted by Gasteiger charge is -2.11. The first-order valence-electron chi connectivity index (χ1n) is 12.6. The van der Waals surface area contributed by atoms with E-state index >= 15 is 0 Å². The van der Waals surface area contributed by atoms with Gasteiger partial charge in [0.15, 0.2) is 0 Å². The molecule has 0 saturated carbocycles. The van der Waals surface area contributed by atoms with Gasteiger partial charge in [-0.3, -0.25) is 0 Å². The number of hydrogen-bond donors (Lipinski definition) is 0. The van der Waals surface area contributed by atoms with Crippen LogP contribution in [0.25, 0.3) is 77.3 Å². The second kappa shape index (κ2) is 7.83. The Morgan fingerprint density at radius 2 is 1.13 bits per heavy atom. The molecule has 0 radical (unpaired) electrons. The first-order valence-corrected chi connectivity index (χ1v) is 12.6. The summed E-state index contributed by atoms with van der Waals surface area (Å²) in [6.07, 6.45) is 0. The molecule has 1 aliphatic carbocycles. The summed E-state index contributed by atoms with van der Waals surface area (Å²) in [5.41, 5.74) is 11.4. The zero-order chi connectivity index (χ0) is 25.2. The number of rotatable bonds is 2. The first-order chi connectivity index (χ1) is 18.8. The van der Waals surface area contributed by atoms with Crippen LogP contribution in [0.3, 0.4) is 0 Å². The van der Waals surface area contributed by atoms with E-state index in [-0.39, 0.29) is 0 Å². The van der Waals surface area contributed by atoms with Crippen molar-refractivity contribution in [2.75, 3.05) is 0 Å². The molecule has 0 N–H and O–H groups in total. The van der Waals surface area contributed by atoms with Crippen molar-refractivity contribution in [2.24, 2.45) is 0 Å². The number of aromatic nitrogens is 2. The van der Waals surface area contributed by atoms with Crippen molar-refractivity contribution >= 4 is 32.6 Å². The van der Waals surface area contributed by atoms with E-state index in [1.54, 1.807) is 0 Å². The molecule has 1 aliphatic rings. The van der Waals surface area contributed by atoms with Crippen LogP contribution in [-0.4, -0.2) is 9.97 Å². The number of fused-ring (bicyclic) bond motifs is 5. The van der Waals surface area contributed by atoms with E-state index in [0.29, 0.717) is 5.56 Å². The van der Waals surface area contributed by atoms with Crippen LogP contribution >= 0.6 is 0 Å². The fourth-order valence-corrected chi connectivity index (χ4v) is 5.76. The Balaban J connectivity index is 1.29. The molecule has 0 spiro atoms. The number of para-hydroxylation sites is 2. The van der Waals surface area contributed by atoms with Crippen molar-refractivity contribution in [3.63, 3.8) is 0 Å². The molecular weight excluding hydrogens is 462 g/mol. The van der Waals surface area contributed by atoms with Crippen molar-refractivity contribution in [1.29, 1.82) is 5.26 Å². The largest absolute Gasteiger partial charge is 0.244 e. The Kier molecular flexibility index (Phi) is 4.29. The molecule has 3 nitrogen and oxygen atoms in total. The SMILES string of the molecule is N#Cc1ccc(-c2ccc3ccc(-c4ccc5c6c(cccc46)-c4nc6ccccc6nc4-5)cc3c2)cc1. The van der Waals surface area contributed by atoms with Crippen LogP contribution in [0.4, 0.5) is 0 Å². The highest BCUT2D eigenvalue weighted by atomic mass is 14.8. The van der Waals surface area contributed by atoms with Gasteiger partial charge in [0.2, 0.25) is 0 Å². The van der Waals surface area contributed by atoms with Crippen LogP contribution in [0.2, 0.25) is 0 Å². The van der Waals surface area contributed by atoms with Crippen molar-refractivity contribution in [3.05, 3.63) is 121 Å². The fourth-order valence-electron chi connectivity index (χ4n) is 5.76. The Hall–Kier alpha value is -5.33. The average molecular weight is 482 g/mol. The second-order valence-electron chi connectivity index (χ2n) is 9.76. The van der Waals surface area contributed by atoms with Crippen LogP contribution in [0.1, 0.15) is 5.56 Å². The van der Waals surface area contributed by atoms with Gasteiger partial charge in [0.05, 0.1) is 34.1 Å². The van der Waals surface area contributed by atoms with Gasteiger partial charge in [-0.15, -0.1) is 0 Å². The Morgan fingerprint density at radius 1 is 0.500 bits per heavy atom. The summed E-state index contributed by atoms with van der Waals surface area (Å²) in [4.78, 5) is 10.0. The third-order valence-electron chi connectivity index (χ3n) is 7.62. The summed E-state index contributed by atoms with van der Waals surface area (Å²) in [5.74, 6) is 0. The van der Waals surface area contributed by atoms with Crippen molar-refractivity contribution in [3.8, 4) is 50.8 Å². The molecule has 0 fully saturated rings. The maximum atomic E-state index is 9.13. The minimum atomic E-state index is 0.671. The number of benzene rings is 6. The molecule has 1 heterocycles. The van der Waals surface area contributed by atoms with Gasteiger partial charge in [-0.25, -0.2) is 9.97 Å². The second-order valence-corrected chi connectivity index (χ2v) is 9.76. The standard InChI is InChI=1S/C35H19N3/c36-20-21-8-10-22(11-9-21)24-14-12-23-13-15-25(19-26(23)18-24)27-16-17-30-33-28(27)4-3-5-29(33)34-35(30)38-32-7-2-1-6-31(32)37-34/h1-19H. The molecular formula is C35H19N3. The molecule has 0 amide bonds. The van der Waals surface area contributed by atoms with Gasteiger partial charge in [-0.05, 0) is 74.8 Å². The fraction of sp³-hybridized carbons (Fsp3) is 0. The summed E-state index contributed by atoms with van der Waals surface area (Å²) in [7, 11) is 0. The highest BCUT2D eigenvalue weighted by molar-refractivity contribution is 6.18. The molecule has 1 aromatic heterocycles. The highest BCUT2D eigenvalue weighted by Crippen LogP contribution is 2.48. The summed E-state index contributed by atoms with van der Waals surface area (Å²) in [5, 5.41) is 14.0. The lowest BCUT2D eigenvalue weighted by Crippen LogP contribution is -1.89. The predicted octanol–water partition coefficient (Wildman–Crippen LogP) is 8.79. The van der Waals surface area contributed by atoms with Gasteiger partial charge < -0.3 is 0 Å². The zero-order valence-electron chi connectivity index (χ0n) is 20.3. The van der Waals surface area contributed by atoms with Gasteiger partial charge in [0.25, 0.3) is 0 Å². The molecule has 3 heteroatoms. The van der Waals surface area contributed by atoms with E-state index in [9.17, 15) is 0 Å². The van der Waals surface area contributed by atoms with Crippen LogP contribution in [0.5, 0.6) is 0 Å². The maximum absolute atomic E-state index is 9.13. The zero-order valence-corrected chi connectivity index (χ0v) is 20.3. The number of nitrogens with zero attached hydrogens (tertiary/aromatic N) is 3. The molecule has 38 heavy (non-hydrogen) atoms. The monoisotopic (exact) mass is 481 g/mol. The smallest absolute Gasteiger partial charge is 0.0991 e. The van der Waals surface area contributed by atoms with E-state index in [4.69, 9.17) is 15.2 Å². The molecule has 0 saturated heterocycles. The van der Waals surface area contributed by atoms with Crippen molar-refractivity contribution in [2.45, 2.75) is 0 Å². The van der Waals surface area contributed by atoms with E-state index < -0.39 is 0 Å². The summed E-state index contributed by atoms with van der Waals surface area (Å²) >= 11 is 0. The van der Waals surface area contributed by atoms with Gasteiger partial charge in [0, 0.05) is 16.5 Å². The van der Waals surface area contributed by atoms with Crippen LogP contribution in [0, 0.1) is 11.3 Å². The number of nitriles is 1. The normalized spacial score (nSPS) is 11.7. The lowest BCUT2D eigenvalue weighted by molar-refractivity contribution is 1.32. The molecule has 0 aliphatic heterocycles. The van der Waals surface area contributed by atoms with Crippen LogP contribution < -0.4 is 0 Å². The van der Waals surface area contributed by atoms with E-state index in [1.165, 1.54) is 32.7 Å². The molecule has 0 atom stereocenters. The molecule has 7 aromatic rings. The molecule has 8 rings (SSSR count). The lowest BCUT2D eigenvalue weighted by atomic mass is 9.93. The summed E-state index contributed by atoms with van der Waals surface area (Å²) in [6, 6.07) is 42.2. The highest BCUT2D eigenvalue weighted by Gasteiger charge is 2.25. The Labute approximate surface area is 219 Å². The van der Waals surface area contributed by atoms with Crippen LogP contribution in [-0.2, 0) is 0 Å². The Morgan fingerprint density at radius 3 is 1.87 bits per heavy atom. The summed E-state index contributed by atoms with van der Waals surface area (Å²) in [6.45, 7) is 0. The third-order valence-corrected chi connectivity index (χ3v) is 7.62. The minimum absolute atomic E-state index is 0.671. The summed E-state index contributed by atoms with van der Waals surface area (Å²) < 4.78 is 0. The first kappa shape index (κ1) is 20.8. The van der Waals surface area contributed by atoms with E-state index in [2.05, 4.69) is 72.8 Å². The quantitative estimate of drug-likeness (QED) is 0.248.